The molecule has 0 spiro atoms. The topological polar surface area (TPSA) is 12.9 Å². The number of benzene rings is 1. The summed E-state index contributed by atoms with van der Waals surface area (Å²) in [6, 6.07) is 8.67. The predicted octanol–water partition coefficient (Wildman–Crippen LogP) is 3.11. The monoisotopic (exact) mass is 183 g/mol. The van der Waals surface area contributed by atoms with Crippen molar-refractivity contribution in [2.45, 2.75) is 25.7 Å². The maximum Gasteiger partial charge on any atom is 0.0707 e. The van der Waals surface area contributed by atoms with Crippen molar-refractivity contribution in [1.82, 2.24) is 4.98 Å². The van der Waals surface area contributed by atoms with Gasteiger partial charge in [0.05, 0.1) is 5.52 Å². The first-order valence-corrected chi connectivity index (χ1v) is 5.30. The number of hydrogen-bond donors (Lipinski definition) is 0. The van der Waals surface area contributed by atoms with E-state index < -0.39 is 0 Å². The van der Waals surface area contributed by atoms with Crippen LogP contribution < -0.4 is 0 Å². The highest BCUT2D eigenvalue weighted by Gasteiger charge is 2.10. The van der Waals surface area contributed by atoms with E-state index in [1.807, 2.05) is 6.20 Å². The van der Waals surface area contributed by atoms with E-state index in [4.69, 9.17) is 0 Å². The molecule has 3 rings (SSSR count). The van der Waals surface area contributed by atoms with Crippen LogP contribution in [0.5, 0.6) is 0 Å². The van der Waals surface area contributed by atoms with Crippen LogP contribution in [-0.2, 0) is 12.8 Å². The summed E-state index contributed by atoms with van der Waals surface area (Å²) in [5.74, 6) is 0. The highest BCUT2D eigenvalue weighted by molar-refractivity contribution is 5.85. The Morgan fingerprint density at radius 2 is 1.71 bits per heavy atom. The molecule has 1 aromatic carbocycles. The first kappa shape index (κ1) is 7.98. The Kier molecular flexibility index (Phi) is 1.76. The van der Waals surface area contributed by atoms with Crippen molar-refractivity contribution in [3.63, 3.8) is 0 Å². The molecule has 0 aliphatic heterocycles. The molecule has 70 valence electrons. The van der Waals surface area contributed by atoms with Gasteiger partial charge in [-0.15, -0.1) is 0 Å². The van der Waals surface area contributed by atoms with E-state index in [9.17, 15) is 0 Å². The Hall–Kier alpha value is -1.37. The summed E-state index contributed by atoms with van der Waals surface area (Å²) in [5.41, 5.74) is 4.15. The van der Waals surface area contributed by atoms with Gasteiger partial charge >= 0.3 is 0 Å². The summed E-state index contributed by atoms with van der Waals surface area (Å²) in [6.07, 6.45) is 7.00. The minimum absolute atomic E-state index is 1.17. The van der Waals surface area contributed by atoms with Gasteiger partial charge in [0.2, 0.25) is 0 Å². The van der Waals surface area contributed by atoms with Gasteiger partial charge in [-0.1, -0.05) is 12.1 Å². The average Bonchev–Trinajstić information content (AvgIpc) is 2.44. The first-order valence-electron chi connectivity index (χ1n) is 5.30. The molecule has 1 aliphatic rings. The Morgan fingerprint density at radius 3 is 2.57 bits per heavy atom. The van der Waals surface area contributed by atoms with Gasteiger partial charge in [0.25, 0.3) is 0 Å². The smallest absolute Gasteiger partial charge is 0.0707 e. The number of aryl methyl sites for hydroxylation is 2. The molecule has 0 amide bonds. The largest absolute Gasteiger partial charge is 0.256 e. The lowest BCUT2D eigenvalue weighted by molar-refractivity contribution is 0.753. The zero-order valence-corrected chi connectivity index (χ0v) is 8.16. The molecule has 1 aromatic heterocycles. The van der Waals surface area contributed by atoms with E-state index in [1.54, 1.807) is 0 Å². The van der Waals surface area contributed by atoms with Crippen molar-refractivity contribution >= 4 is 10.9 Å². The third kappa shape index (κ3) is 1.12. The molecule has 0 saturated heterocycles. The second kappa shape index (κ2) is 3.09. The van der Waals surface area contributed by atoms with Crippen LogP contribution >= 0.6 is 0 Å². The molecule has 1 heterocycles. The molecular formula is C13H13N. The zero-order valence-electron chi connectivity index (χ0n) is 8.16. The van der Waals surface area contributed by atoms with Crippen molar-refractivity contribution < 1.29 is 0 Å². The van der Waals surface area contributed by atoms with Gasteiger partial charge in [0.1, 0.15) is 0 Å². The van der Waals surface area contributed by atoms with E-state index in [0.29, 0.717) is 0 Å². The van der Waals surface area contributed by atoms with Gasteiger partial charge < -0.3 is 0 Å². The number of nitrogens with zero attached hydrogens (tertiary/aromatic N) is 1. The molecular weight excluding hydrogens is 170 g/mol. The quantitative estimate of drug-likeness (QED) is 0.611. The standard InChI is InChI=1S/C13H13N/c1-2-5-11-8-9-14-12-7-3-6-10(4-1)13(11)12/h3,6-9H,1-2,4-5H2. The van der Waals surface area contributed by atoms with Crippen LogP contribution in [0.4, 0.5) is 0 Å². The Morgan fingerprint density at radius 1 is 0.929 bits per heavy atom. The minimum atomic E-state index is 1.17. The average molecular weight is 183 g/mol. The van der Waals surface area contributed by atoms with Crippen molar-refractivity contribution in [3.8, 4) is 0 Å². The minimum Gasteiger partial charge on any atom is -0.256 e. The van der Waals surface area contributed by atoms with Crippen LogP contribution in [0.3, 0.4) is 0 Å². The van der Waals surface area contributed by atoms with Crippen molar-refractivity contribution in [1.29, 1.82) is 0 Å². The summed E-state index contributed by atoms with van der Waals surface area (Å²) in [7, 11) is 0. The number of hydrogen-bond acceptors (Lipinski definition) is 1. The second-order valence-electron chi connectivity index (χ2n) is 3.99. The summed E-state index contributed by atoms with van der Waals surface area (Å²) in [5, 5.41) is 1.42. The van der Waals surface area contributed by atoms with Crippen molar-refractivity contribution in [2.24, 2.45) is 0 Å². The number of aromatic nitrogens is 1. The molecule has 0 unspecified atom stereocenters. The Balaban J connectivity index is 2.41. The Bertz CT molecular complexity index is 433. The maximum atomic E-state index is 4.43. The molecule has 0 radical (unpaired) electrons. The second-order valence-corrected chi connectivity index (χ2v) is 3.99. The molecule has 2 aromatic rings. The van der Waals surface area contributed by atoms with E-state index in [0.717, 1.165) is 0 Å². The molecule has 1 heteroatoms. The SMILES string of the molecule is c1cc2c3c(ccnc3c1)CCCC2. The summed E-state index contributed by atoms with van der Waals surface area (Å²) >= 11 is 0. The maximum absolute atomic E-state index is 4.43. The van der Waals surface area contributed by atoms with Gasteiger partial charge in [0, 0.05) is 11.6 Å². The Labute approximate surface area is 83.8 Å². The molecule has 0 saturated carbocycles. The highest BCUT2D eigenvalue weighted by Crippen LogP contribution is 2.27. The molecule has 14 heavy (non-hydrogen) atoms. The summed E-state index contributed by atoms with van der Waals surface area (Å²) < 4.78 is 0. The van der Waals surface area contributed by atoms with Crippen LogP contribution in [-0.4, -0.2) is 4.98 Å². The summed E-state index contributed by atoms with van der Waals surface area (Å²) in [6.45, 7) is 0. The lowest BCUT2D eigenvalue weighted by atomic mass is 10.0. The van der Waals surface area contributed by atoms with E-state index in [1.165, 1.54) is 47.7 Å². The van der Waals surface area contributed by atoms with Crippen LogP contribution in [0.1, 0.15) is 24.0 Å². The summed E-state index contributed by atoms with van der Waals surface area (Å²) in [4.78, 5) is 4.43. The van der Waals surface area contributed by atoms with Crippen molar-refractivity contribution in [3.05, 3.63) is 41.6 Å². The van der Waals surface area contributed by atoms with Gasteiger partial charge in [-0.05, 0) is 48.9 Å². The van der Waals surface area contributed by atoms with Crippen LogP contribution in [0.2, 0.25) is 0 Å². The van der Waals surface area contributed by atoms with Crippen LogP contribution in [0.25, 0.3) is 10.9 Å². The normalized spacial score (nSPS) is 15.4. The molecule has 0 fully saturated rings. The lowest BCUT2D eigenvalue weighted by Gasteiger charge is -2.05. The fourth-order valence-electron chi connectivity index (χ4n) is 2.40. The van der Waals surface area contributed by atoms with Crippen LogP contribution in [0, 0.1) is 0 Å². The first-order chi connectivity index (χ1) is 6.95. The van der Waals surface area contributed by atoms with Gasteiger partial charge in [-0.25, -0.2) is 0 Å². The van der Waals surface area contributed by atoms with E-state index >= 15 is 0 Å². The lowest BCUT2D eigenvalue weighted by Crippen LogP contribution is -1.89. The van der Waals surface area contributed by atoms with Gasteiger partial charge in [-0.3, -0.25) is 4.98 Å². The zero-order chi connectivity index (χ0) is 9.38. The third-order valence-corrected chi connectivity index (χ3v) is 3.08. The number of rotatable bonds is 0. The molecule has 1 aliphatic carbocycles. The third-order valence-electron chi connectivity index (χ3n) is 3.08. The highest BCUT2D eigenvalue weighted by atomic mass is 14.6. The molecule has 0 bridgehead atoms. The fourth-order valence-corrected chi connectivity index (χ4v) is 2.40. The van der Waals surface area contributed by atoms with Gasteiger partial charge in [-0.2, -0.15) is 0 Å². The van der Waals surface area contributed by atoms with Gasteiger partial charge in [0.15, 0.2) is 0 Å². The number of pyridine rings is 1. The van der Waals surface area contributed by atoms with Crippen LogP contribution in [0.15, 0.2) is 30.5 Å². The van der Waals surface area contributed by atoms with E-state index in [2.05, 4.69) is 29.2 Å². The molecule has 1 nitrogen and oxygen atoms in total. The molecule has 0 N–H and O–H groups in total. The molecule has 0 atom stereocenters. The predicted molar refractivity (Wildman–Crippen MR) is 58.4 cm³/mol. The van der Waals surface area contributed by atoms with E-state index in [-0.39, 0.29) is 0 Å². The van der Waals surface area contributed by atoms with Crippen molar-refractivity contribution in [2.75, 3.05) is 0 Å². The fraction of sp³-hybridized carbons (Fsp3) is 0.308.